The Morgan fingerprint density at radius 1 is 1.50 bits per heavy atom. The maximum atomic E-state index is 10.5. The van der Waals surface area contributed by atoms with Crippen molar-refractivity contribution in [1.29, 1.82) is 0 Å². The Hall–Kier alpha value is 0.250. The Kier molecular flexibility index (Phi) is 4.30. The third-order valence-electron chi connectivity index (χ3n) is 1.39. The number of hydrogen-bond acceptors (Lipinski definition) is 1. The molecule has 0 saturated heterocycles. The van der Waals surface area contributed by atoms with Crippen LogP contribution in [-0.2, 0) is 4.79 Å². The highest BCUT2D eigenvalue weighted by molar-refractivity contribution is 6.63. The topological polar surface area (TPSA) is 17.1 Å². The molecule has 0 fully saturated rings. The zero-order valence-electron chi connectivity index (χ0n) is 6.29. The fourth-order valence-corrected chi connectivity index (χ4v) is 1.59. The van der Waals surface area contributed by atoms with Crippen LogP contribution in [0.5, 0.6) is 0 Å². The smallest absolute Gasteiger partial charge is 0.222 e. The maximum Gasteiger partial charge on any atom is 0.222 e. The lowest BCUT2D eigenvalue weighted by Crippen LogP contribution is -2.14. The zero-order chi connectivity index (χ0) is 8.20. The first-order valence-electron chi connectivity index (χ1n) is 3.22. The SMILES string of the molecule is CC(C)(CCCl)CC(=O)Cl. The van der Waals surface area contributed by atoms with Gasteiger partial charge in [0.25, 0.3) is 0 Å². The molecule has 0 aliphatic heterocycles. The average Bonchev–Trinajstić information content (AvgIpc) is 1.59. The minimum absolute atomic E-state index is 0.0411. The second kappa shape index (κ2) is 4.20. The summed E-state index contributed by atoms with van der Waals surface area (Å²) >= 11 is 10.7. The van der Waals surface area contributed by atoms with E-state index in [4.69, 9.17) is 23.2 Å². The molecule has 0 aromatic carbocycles. The van der Waals surface area contributed by atoms with Gasteiger partial charge in [-0.15, -0.1) is 11.6 Å². The molecule has 3 heteroatoms. The second-order valence-electron chi connectivity index (χ2n) is 3.14. The van der Waals surface area contributed by atoms with Gasteiger partial charge in [-0.3, -0.25) is 4.79 Å². The van der Waals surface area contributed by atoms with Gasteiger partial charge in [0.05, 0.1) is 0 Å². The summed E-state index contributed by atoms with van der Waals surface area (Å²) in [6.07, 6.45) is 1.23. The van der Waals surface area contributed by atoms with E-state index in [1.165, 1.54) is 0 Å². The van der Waals surface area contributed by atoms with Gasteiger partial charge in [0.15, 0.2) is 0 Å². The van der Waals surface area contributed by atoms with Crippen LogP contribution in [-0.4, -0.2) is 11.1 Å². The van der Waals surface area contributed by atoms with Crippen molar-refractivity contribution < 1.29 is 4.79 Å². The monoisotopic (exact) mass is 182 g/mol. The summed E-state index contributed by atoms with van der Waals surface area (Å²) in [5, 5.41) is -0.282. The minimum atomic E-state index is -0.282. The highest BCUT2D eigenvalue weighted by Crippen LogP contribution is 2.26. The molecule has 1 nitrogen and oxygen atoms in total. The number of rotatable bonds is 4. The van der Waals surface area contributed by atoms with Crippen molar-refractivity contribution in [3.8, 4) is 0 Å². The summed E-state index contributed by atoms with van der Waals surface area (Å²) in [7, 11) is 0. The van der Waals surface area contributed by atoms with E-state index in [1.54, 1.807) is 0 Å². The fraction of sp³-hybridized carbons (Fsp3) is 0.857. The molecule has 0 aromatic heterocycles. The molecule has 0 radical (unpaired) electrons. The van der Waals surface area contributed by atoms with Crippen LogP contribution in [0.1, 0.15) is 26.7 Å². The van der Waals surface area contributed by atoms with Crippen LogP contribution < -0.4 is 0 Å². The second-order valence-corrected chi connectivity index (χ2v) is 3.93. The normalized spacial score (nSPS) is 11.6. The van der Waals surface area contributed by atoms with E-state index in [1.807, 2.05) is 13.8 Å². The number of halogens is 2. The molecular weight excluding hydrogens is 171 g/mol. The molecular formula is C7H12Cl2O. The van der Waals surface area contributed by atoms with E-state index in [2.05, 4.69) is 0 Å². The van der Waals surface area contributed by atoms with E-state index in [-0.39, 0.29) is 10.7 Å². The summed E-state index contributed by atoms with van der Waals surface area (Å²) < 4.78 is 0. The van der Waals surface area contributed by atoms with Crippen molar-refractivity contribution in [3.05, 3.63) is 0 Å². The maximum absolute atomic E-state index is 10.5. The molecule has 0 saturated carbocycles. The minimum Gasteiger partial charge on any atom is -0.281 e. The van der Waals surface area contributed by atoms with Crippen molar-refractivity contribution in [2.45, 2.75) is 26.7 Å². The van der Waals surface area contributed by atoms with Crippen LogP contribution >= 0.6 is 23.2 Å². The number of alkyl halides is 1. The molecule has 60 valence electrons. The highest BCUT2D eigenvalue weighted by Gasteiger charge is 2.19. The molecule has 0 aliphatic carbocycles. The Morgan fingerprint density at radius 2 is 2.00 bits per heavy atom. The molecule has 0 amide bonds. The Morgan fingerprint density at radius 3 is 2.30 bits per heavy atom. The third-order valence-corrected chi connectivity index (χ3v) is 1.71. The molecule has 0 aromatic rings. The van der Waals surface area contributed by atoms with E-state index >= 15 is 0 Å². The summed E-state index contributed by atoms with van der Waals surface area (Å²) in [5.74, 6) is 0.581. The number of hydrogen-bond donors (Lipinski definition) is 0. The van der Waals surface area contributed by atoms with Crippen LogP contribution in [0.2, 0.25) is 0 Å². The van der Waals surface area contributed by atoms with E-state index in [9.17, 15) is 4.79 Å². The van der Waals surface area contributed by atoms with Crippen LogP contribution in [0, 0.1) is 5.41 Å². The zero-order valence-corrected chi connectivity index (χ0v) is 7.80. The summed E-state index contributed by atoms with van der Waals surface area (Å²) in [5.41, 5.74) is -0.0411. The molecule has 0 bridgehead atoms. The van der Waals surface area contributed by atoms with Gasteiger partial charge in [0.2, 0.25) is 5.24 Å². The molecule has 0 aliphatic rings. The molecule has 0 N–H and O–H groups in total. The lowest BCUT2D eigenvalue weighted by atomic mass is 9.87. The van der Waals surface area contributed by atoms with Crippen LogP contribution in [0.25, 0.3) is 0 Å². The Balaban J connectivity index is 3.74. The first kappa shape index (κ1) is 10.2. The van der Waals surface area contributed by atoms with Gasteiger partial charge in [-0.2, -0.15) is 0 Å². The highest BCUT2D eigenvalue weighted by atomic mass is 35.5. The fourth-order valence-electron chi connectivity index (χ4n) is 0.720. The van der Waals surface area contributed by atoms with E-state index < -0.39 is 0 Å². The van der Waals surface area contributed by atoms with Gasteiger partial charge in [0.1, 0.15) is 0 Å². The Labute approximate surface area is 71.7 Å². The summed E-state index contributed by atoms with van der Waals surface area (Å²) in [4.78, 5) is 10.5. The van der Waals surface area contributed by atoms with Crippen LogP contribution in [0.15, 0.2) is 0 Å². The largest absolute Gasteiger partial charge is 0.281 e. The number of carbonyl (C=O) groups is 1. The van der Waals surface area contributed by atoms with Crippen molar-refractivity contribution >= 4 is 28.4 Å². The van der Waals surface area contributed by atoms with Gasteiger partial charge < -0.3 is 0 Å². The lowest BCUT2D eigenvalue weighted by Gasteiger charge is -2.20. The van der Waals surface area contributed by atoms with Crippen LogP contribution in [0.4, 0.5) is 0 Å². The molecule has 0 atom stereocenters. The summed E-state index contributed by atoms with van der Waals surface area (Å²) in [6, 6.07) is 0. The van der Waals surface area contributed by atoms with Gasteiger partial charge in [0, 0.05) is 12.3 Å². The predicted molar refractivity (Wildman–Crippen MR) is 44.6 cm³/mol. The molecule has 0 spiro atoms. The van der Waals surface area contributed by atoms with E-state index in [0.29, 0.717) is 12.3 Å². The quantitative estimate of drug-likeness (QED) is 0.483. The lowest BCUT2D eigenvalue weighted by molar-refractivity contribution is -0.113. The summed E-state index contributed by atoms with van der Waals surface area (Å²) in [6.45, 7) is 3.96. The van der Waals surface area contributed by atoms with Gasteiger partial charge in [-0.1, -0.05) is 13.8 Å². The first-order valence-corrected chi connectivity index (χ1v) is 4.13. The van der Waals surface area contributed by atoms with Crippen LogP contribution in [0.3, 0.4) is 0 Å². The van der Waals surface area contributed by atoms with Gasteiger partial charge >= 0.3 is 0 Å². The van der Waals surface area contributed by atoms with Gasteiger partial charge in [-0.05, 0) is 23.4 Å². The van der Waals surface area contributed by atoms with Crippen molar-refractivity contribution in [1.82, 2.24) is 0 Å². The van der Waals surface area contributed by atoms with Crippen molar-refractivity contribution in [2.75, 3.05) is 5.88 Å². The van der Waals surface area contributed by atoms with Crippen molar-refractivity contribution in [2.24, 2.45) is 5.41 Å². The first-order chi connectivity index (χ1) is 4.48. The van der Waals surface area contributed by atoms with Gasteiger partial charge in [-0.25, -0.2) is 0 Å². The molecule has 0 rings (SSSR count). The number of carbonyl (C=O) groups excluding carboxylic acids is 1. The molecule has 0 heterocycles. The average molecular weight is 183 g/mol. The molecule has 0 unspecified atom stereocenters. The third kappa shape index (κ3) is 5.07. The van der Waals surface area contributed by atoms with E-state index in [0.717, 1.165) is 6.42 Å². The van der Waals surface area contributed by atoms with Crippen molar-refractivity contribution in [3.63, 3.8) is 0 Å². The predicted octanol–water partition coefficient (Wildman–Crippen LogP) is 2.80. The standard InChI is InChI=1S/C7H12Cl2O/c1-7(2,3-4-8)5-6(9)10/h3-5H2,1-2H3. The molecule has 10 heavy (non-hydrogen) atoms. The Bertz CT molecular complexity index is 121.